The molecule has 11 heteroatoms. The van der Waals surface area contributed by atoms with E-state index in [1.54, 1.807) is 41.3 Å². The number of thioether (sulfide) groups is 1. The monoisotopic (exact) mass is 629 g/mol. The van der Waals surface area contributed by atoms with Crippen LogP contribution in [0.2, 0.25) is 0 Å². The Balaban J connectivity index is 1.25. The average Bonchev–Trinajstić information content (AvgIpc) is 3.42. The van der Waals surface area contributed by atoms with E-state index in [2.05, 4.69) is 5.32 Å². The van der Waals surface area contributed by atoms with E-state index in [1.165, 1.54) is 11.8 Å². The first-order valence-corrected chi connectivity index (χ1v) is 16.0. The number of nitrogen functional groups attached to an aromatic ring is 1. The molecule has 5 atom stereocenters. The van der Waals surface area contributed by atoms with Crippen LogP contribution in [0.4, 0.5) is 10.5 Å². The van der Waals surface area contributed by atoms with Crippen LogP contribution in [0.3, 0.4) is 0 Å². The molecule has 3 aromatic rings. The van der Waals surface area contributed by atoms with E-state index in [4.69, 9.17) is 26.7 Å². The Morgan fingerprint density at radius 1 is 1.02 bits per heavy atom. The van der Waals surface area contributed by atoms with Crippen molar-refractivity contribution in [2.24, 2.45) is 11.5 Å². The number of piperidine rings is 1. The molecule has 2 aliphatic heterocycles. The number of nitrogens with two attached hydrogens (primary N) is 3. The summed E-state index contributed by atoms with van der Waals surface area (Å²) >= 11 is 1.32. The van der Waals surface area contributed by atoms with Gasteiger partial charge in [0.1, 0.15) is 22.6 Å². The van der Waals surface area contributed by atoms with Crippen molar-refractivity contribution >= 4 is 35.2 Å². The number of nitrogens with one attached hydrogen (secondary N) is 1. The van der Waals surface area contributed by atoms with Crippen LogP contribution < -0.4 is 27.3 Å². The number of para-hydroxylation sites is 1. The Kier molecular flexibility index (Phi) is 8.05. The number of Topliss-reactive ketones (excluding diaryl/α,β-unsaturated/α-hetero) is 1. The first-order valence-electron chi connectivity index (χ1n) is 15.2. The molecule has 0 bridgehead atoms. The minimum absolute atomic E-state index is 0.252. The van der Waals surface area contributed by atoms with Crippen LogP contribution in [0, 0.1) is 0 Å². The summed E-state index contributed by atoms with van der Waals surface area (Å²) in [6, 6.07) is 18.7. The molecule has 7 N–H and O–H groups in total. The van der Waals surface area contributed by atoms with Gasteiger partial charge in [0.2, 0.25) is 5.91 Å². The maximum atomic E-state index is 14.1. The van der Waals surface area contributed by atoms with E-state index in [1.807, 2.05) is 51.1 Å². The Morgan fingerprint density at radius 3 is 2.40 bits per heavy atom. The van der Waals surface area contributed by atoms with Crippen molar-refractivity contribution in [1.29, 1.82) is 0 Å². The number of nitrogens with zero attached hydrogens (tertiary/aromatic N) is 1. The number of carbonyl (C=O) groups excluding carboxylic acids is 3. The standard InChI is InChI=1S/C34H39N5O5S/c1-33(2,3)44-32(42)39-17-7-8-20(18-39)38-31(41)29-26-25-23(15-16-24(35)28(25)45-29)34(37,30(40)27(26)36)19-11-13-22(14-12-19)43-21-9-5-4-6-10-21/h4-6,9-16,20,26-27,29H,7-8,17-18,35-37H2,1-3H3,(H,38,41)/t20-,26?,27?,29?,34?/m1/s1. The van der Waals surface area contributed by atoms with Crippen LogP contribution in [0.5, 0.6) is 11.5 Å². The van der Waals surface area contributed by atoms with Crippen LogP contribution in [-0.2, 0) is 19.9 Å². The van der Waals surface area contributed by atoms with Gasteiger partial charge in [0.05, 0.1) is 11.3 Å². The van der Waals surface area contributed by atoms with Gasteiger partial charge in [-0.2, -0.15) is 0 Å². The zero-order valence-electron chi connectivity index (χ0n) is 25.6. The van der Waals surface area contributed by atoms with Crippen LogP contribution in [-0.4, -0.2) is 58.7 Å². The lowest BCUT2D eigenvalue weighted by atomic mass is 9.65. The number of ketones is 1. The molecule has 0 aromatic heterocycles. The molecule has 236 valence electrons. The Morgan fingerprint density at radius 2 is 1.71 bits per heavy atom. The summed E-state index contributed by atoms with van der Waals surface area (Å²) < 4.78 is 11.5. The van der Waals surface area contributed by atoms with E-state index >= 15 is 0 Å². The number of amides is 2. The largest absolute Gasteiger partial charge is 0.457 e. The summed E-state index contributed by atoms with van der Waals surface area (Å²) in [5, 5.41) is 2.43. The second-order valence-electron chi connectivity index (χ2n) is 12.9. The molecule has 1 aliphatic carbocycles. The highest BCUT2D eigenvalue weighted by atomic mass is 32.2. The predicted molar refractivity (Wildman–Crippen MR) is 173 cm³/mol. The van der Waals surface area contributed by atoms with E-state index in [-0.39, 0.29) is 17.7 Å². The van der Waals surface area contributed by atoms with E-state index in [0.717, 1.165) is 16.9 Å². The van der Waals surface area contributed by atoms with Crippen molar-refractivity contribution in [3.8, 4) is 11.5 Å². The number of hydrogen-bond acceptors (Lipinski definition) is 9. The van der Waals surface area contributed by atoms with Gasteiger partial charge in [-0.25, -0.2) is 4.79 Å². The lowest BCUT2D eigenvalue weighted by molar-refractivity contribution is -0.126. The highest BCUT2D eigenvalue weighted by Crippen LogP contribution is 2.56. The van der Waals surface area contributed by atoms with E-state index < -0.39 is 34.4 Å². The molecule has 1 fully saturated rings. The molecule has 45 heavy (non-hydrogen) atoms. The molecule has 0 saturated carbocycles. The van der Waals surface area contributed by atoms with Gasteiger partial charge in [-0.15, -0.1) is 11.8 Å². The fourth-order valence-electron chi connectivity index (χ4n) is 6.50. The number of anilines is 1. The third-order valence-corrected chi connectivity index (χ3v) is 10.1. The minimum atomic E-state index is -1.54. The topological polar surface area (TPSA) is 163 Å². The molecular weight excluding hydrogens is 590 g/mol. The number of carbonyl (C=O) groups is 3. The molecule has 0 spiro atoms. The molecule has 1 saturated heterocycles. The van der Waals surface area contributed by atoms with Crippen LogP contribution in [0.15, 0.2) is 71.6 Å². The quantitative estimate of drug-likeness (QED) is 0.302. The predicted octanol–water partition coefficient (Wildman–Crippen LogP) is 4.25. The van der Waals surface area contributed by atoms with Crippen LogP contribution in [0.1, 0.15) is 56.2 Å². The molecule has 6 rings (SSSR count). The highest BCUT2D eigenvalue weighted by Gasteiger charge is 2.56. The zero-order chi connectivity index (χ0) is 32.1. The maximum absolute atomic E-state index is 14.1. The maximum Gasteiger partial charge on any atom is 0.410 e. The van der Waals surface area contributed by atoms with Gasteiger partial charge in [0.15, 0.2) is 5.78 Å². The first kappa shape index (κ1) is 30.9. The van der Waals surface area contributed by atoms with Gasteiger partial charge in [-0.3, -0.25) is 9.59 Å². The van der Waals surface area contributed by atoms with Gasteiger partial charge >= 0.3 is 6.09 Å². The smallest absolute Gasteiger partial charge is 0.410 e. The van der Waals surface area contributed by atoms with Gasteiger partial charge in [-0.1, -0.05) is 36.4 Å². The molecular formula is C34H39N5O5S. The Bertz CT molecular complexity index is 1630. The second kappa shape index (κ2) is 11.7. The number of benzene rings is 3. The number of hydrogen-bond donors (Lipinski definition) is 4. The zero-order valence-corrected chi connectivity index (χ0v) is 26.4. The van der Waals surface area contributed by atoms with Crippen LogP contribution >= 0.6 is 11.8 Å². The molecule has 4 unspecified atom stereocenters. The summed E-state index contributed by atoms with van der Waals surface area (Å²) in [5.41, 5.74) is 20.4. The summed E-state index contributed by atoms with van der Waals surface area (Å²) in [6.07, 6.45) is 1.04. The molecule has 2 amide bonds. The van der Waals surface area contributed by atoms with Crippen molar-refractivity contribution < 1.29 is 23.9 Å². The fraction of sp³-hybridized carbons (Fsp3) is 0.382. The normalized spacial score (nSPS) is 25.8. The molecule has 3 aliphatic rings. The van der Waals surface area contributed by atoms with E-state index in [9.17, 15) is 14.4 Å². The first-order chi connectivity index (χ1) is 21.4. The number of likely N-dealkylation sites (tertiary alicyclic amines) is 1. The summed E-state index contributed by atoms with van der Waals surface area (Å²) in [6.45, 7) is 6.37. The van der Waals surface area contributed by atoms with Gasteiger partial charge < -0.3 is 36.9 Å². The van der Waals surface area contributed by atoms with Crippen molar-refractivity contribution in [2.45, 2.75) is 72.9 Å². The van der Waals surface area contributed by atoms with Crippen LogP contribution in [0.25, 0.3) is 0 Å². The molecule has 10 nitrogen and oxygen atoms in total. The summed E-state index contributed by atoms with van der Waals surface area (Å²) in [7, 11) is 0. The van der Waals surface area contributed by atoms with E-state index in [0.29, 0.717) is 47.8 Å². The third-order valence-electron chi connectivity index (χ3n) is 8.60. The summed E-state index contributed by atoms with van der Waals surface area (Å²) in [5.74, 6) is 0.0507. The second-order valence-corrected chi connectivity index (χ2v) is 14.1. The fourth-order valence-corrected chi connectivity index (χ4v) is 7.95. The van der Waals surface area contributed by atoms with Crippen molar-refractivity contribution in [3.63, 3.8) is 0 Å². The molecule has 3 aromatic carbocycles. The van der Waals surface area contributed by atoms with Crippen molar-refractivity contribution in [1.82, 2.24) is 10.2 Å². The Labute approximate surface area is 267 Å². The average molecular weight is 630 g/mol. The highest BCUT2D eigenvalue weighted by molar-refractivity contribution is 8.01. The minimum Gasteiger partial charge on any atom is -0.457 e. The lowest BCUT2D eigenvalue weighted by Gasteiger charge is -2.41. The Hall–Kier alpha value is -4.06. The SMILES string of the molecule is CC(C)(C)OC(=O)N1CCC[C@@H](NC(=O)C2Sc3c(N)ccc4c3C2C(N)C(=O)C4(N)c2ccc(Oc3ccccc3)cc2)C1. The molecule has 0 radical (unpaired) electrons. The number of rotatable bonds is 5. The molecule has 2 heterocycles. The lowest BCUT2D eigenvalue weighted by Crippen LogP contribution is -2.61. The number of ether oxygens (including phenoxy) is 2. The van der Waals surface area contributed by atoms with Gasteiger partial charge in [0.25, 0.3) is 0 Å². The van der Waals surface area contributed by atoms with Gasteiger partial charge in [-0.05, 0) is 80.6 Å². The summed E-state index contributed by atoms with van der Waals surface area (Å²) in [4.78, 5) is 43.0. The third kappa shape index (κ3) is 5.76. The van der Waals surface area contributed by atoms with Gasteiger partial charge in [0, 0.05) is 35.6 Å². The van der Waals surface area contributed by atoms with Crippen molar-refractivity contribution in [2.75, 3.05) is 18.8 Å². The van der Waals surface area contributed by atoms with Crippen molar-refractivity contribution in [3.05, 3.63) is 83.4 Å².